The Kier molecular flexibility index (Phi) is 15.7. The summed E-state index contributed by atoms with van der Waals surface area (Å²) in [6.07, 6.45) is 5.88. The van der Waals surface area contributed by atoms with Crippen molar-refractivity contribution in [1.29, 1.82) is 0 Å². The Bertz CT molecular complexity index is 5410. The van der Waals surface area contributed by atoms with Crippen LogP contribution < -0.4 is 32.4 Å². The molecule has 0 aliphatic rings. The van der Waals surface area contributed by atoms with Crippen molar-refractivity contribution in [3.63, 3.8) is 0 Å². The number of methoxy groups -OCH3 is 2. The van der Waals surface area contributed by atoms with Crippen LogP contribution in [0.15, 0.2) is 128 Å². The normalized spacial score (nSPS) is 11.7. The Hall–Kier alpha value is -11.7. The number of hydrogen-bond donors (Lipinski definition) is 8. The van der Waals surface area contributed by atoms with E-state index in [4.69, 9.17) is 64.4 Å². The van der Waals surface area contributed by atoms with Gasteiger partial charge in [0, 0.05) is 73.4 Å². The number of anilines is 4. The van der Waals surface area contributed by atoms with E-state index in [9.17, 15) is 0 Å². The van der Waals surface area contributed by atoms with Crippen LogP contribution in [-0.2, 0) is 0 Å². The van der Waals surface area contributed by atoms with Crippen molar-refractivity contribution >= 4 is 123 Å². The Labute approximate surface area is 535 Å². The average Bonchev–Trinajstić information content (AvgIpc) is 1.64. The molecule has 16 aromatic rings. The highest BCUT2D eigenvalue weighted by Gasteiger charge is 2.25. The van der Waals surface area contributed by atoms with Crippen LogP contribution in [0.3, 0.4) is 0 Å². The van der Waals surface area contributed by atoms with Crippen LogP contribution in [0.5, 0.6) is 11.5 Å². The van der Waals surface area contributed by atoms with E-state index in [1.807, 2.05) is 110 Å². The topological polar surface area (TPSA) is 360 Å². The Balaban J connectivity index is 0.000000113. The molecule has 26 nitrogen and oxygen atoms in total. The van der Waals surface area contributed by atoms with Gasteiger partial charge in [-0.1, -0.05) is 48.0 Å². The number of para-hydroxylation sites is 2. The minimum Gasteiger partial charge on any atom is -0.497 e. The van der Waals surface area contributed by atoms with Crippen LogP contribution in [-0.4, -0.2) is 113 Å². The molecule has 470 valence electrons. The molecule has 0 saturated carbocycles. The number of nitrogen functional groups attached to an aromatic ring is 4. The molecule has 93 heavy (non-hydrogen) atoms. The van der Waals surface area contributed by atoms with Crippen molar-refractivity contribution < 1.29 is 9.47 Å². The van der Waals surface area contributed by atoms with Crippen molar-refractivity contribution in [3.8, 4) is 57.1 Å². The van der Waals surface area contributed by atoms with Crippen molar-refractivity contribution in [2.24, 2.45) is 0 Å². The molecule has 0 saturated heterocycles. The molecular formula is C66H67ClN24O2. The molecule has 0 atom stereocenters. The highest BCUT2D eigenvalue weighted by molar-refractivity contribution is 6.35. The lowest BCUT2D eigenvalue weighted by Gasteiger charge is -2.05. The number of aromatic amines is 4. The van der Waals surface area contributed by atoms with Crippen molar-refractivity contribution in [1.82, 2.24) is 98.9 Å². The third kappa shape index (κ3) is 10.9. The molecule has 12 N–H and O–H groups in total. The third-order valence-electron chi connectivity index (χ3n) is 15.9. The summed E-state index contributed by atoms with van der Waals surface area (Å²) in [7, 11) is 3.31. The largest absolute Gasteiger partial charge is 0.497 e. The molecule has 12 aromatic heterocycles. The van der Waals surface area contributed by atoms with Crippen molar-refractivity contribution in [2.45, 2.75) is 79.6 Å². The van der Waals surface area contributed by atoms with Gasteiger partial charge in [-0.15, -0.1) is 0 Å². The second-order valence-corrected chi connectivity index (χ2v) is 23.7. The zero-order chi connectivity index (χ0) is 65.1. The van der Waals surface area contributed by atoms with E-state index in [-0.39, 0.29) is 24.2 Å². The Morgan fingerprint density at radius 3 is 1.22 bits per heavy atom. The molecule has 0 spiro atoms. The lowest BCUT2D eigenvalue weighted by molar-refractivity contribution is 0.415. The van der Waals surface area contributed by atoms with E-state index in [0.717, 1.165) is 145 Å². The SMILES string of the molecule is CC(C)n1nc(-c2cc3c(Cl)cccc3[nH]2)c2c(N)ncnc21.CC(C)n1nc(-c2cc3ccccc3[nH]2)c2c(N)ncnc21.COc1ccc2cc(-c3nn(C(C)C)c4ncnc(N)c34)[nH]c2c1.COc1cccc2cc(-c3nn(C(C)C)c4ncnc(N)c34)[nH]c12. The number of fused-ring (bicyclic) bond motifs is 8. The predicted molar refractivity (Wildman–Crippen MR) is 368 cm³/mol. The van der Waals surface area contributed by atoms with E-state index in [2.05, 4.69) is 127 Å². The zero-order valence-corrected chi connectivity index (χ0v) is 53.3. The first-order valence-corrected chi connectivity index (χ1v) is 30.4. The number of rotatable bonds is 10. The number of nitrogens with zero attached hydrogens (tertiary/aromatic N) is 16. The highest BCUT2D eigenvalue weighted by atomic mass is 35.5. The lowest BCUT2D eigenvalue weighted by Crippen LogP contribution is -2.04. The molecule has 0 radical (unpaired) electrons. The van der Waals surface area contributed by atoms with Gasteiger partial charge in [0.05, 0.1) is 64.1 Å². The summed E-state index contributed by atoms with van der Waals surface area (Å²) >= 11 is 6.27. The van der Waals surface area contributed by atoms with Gasteiger partial charge in [0.15, 0.2) is 22.6 Å². The number of ether oxygens (including phenoxy) is 2. The molecule has 4 aromatic carbocycles. The molecule has 0 unspecified atom stereocenters. The fraction of sp³-hybridized carbons (Fsp3) is 0.212. The van der Waals surface area contributed by atoms with Crippen LogP contribution in [0.4, 0.5) is 23.3 Å². The number of nitrogens with two attached hydrogens (primary N) is 4. The van der Waals surface area contributed by atoms with Crippen LogP contribution in [0.1, 0.15) is 79.6 Å². The van der Waals surface area contributed by atoms with Gasteiger partial charge >= 0.3 is 0 Å². The van der Waals surface area contributed by atoms with Gasteiger partial charge in [0.1, 0.15) is 82.9 Å². The average molecular weight is 1260 g/mol. The number of halogens is 1. The van der Waals surface area contributed by atoms with E-state index in [1.54, 1.807) is 14.2 Å². The fourth-order valence-corrected chi connectivity index (χ4v) is 11.6. The highest BCUT2D eigenvalue weighted by Crippen LogP contribution is 2.39. The minimum atomic E-state index is 0.161. The third-order valence-corrected chi connectivity index (χ3v) is 16.2. The summed E-state index contributed by atoms with van der Waals surface area (Å²) in [5.41, 5.74) is 37.8. The quantitative estimate of drug-likeness (QED) is 0.0630. The Morgan fingerprint density at radius 2 is 0.774 bits per heavy atom. The van der Waals surface area contributed by atoms with E-state index in [0.29, 0.717) is 28.3 Å². The number of nitrogens with one attached hydrogen (secondary N) is 4. The minimum absolute atomic E-state index is 0.161. The molecule has 0 fully saturated rings. The van der Waals surface area contributed by atoms with Crippen LogP contribution in [0.25, 0.3) is 133 Å². The van der Waals surface area contributed by atoms with Gasteiger partial charge in [-0.25, -0.2) is 58.6 Å². The maximum absolute atomic E-state index is 6.27. The molecule has 27 heteroatoms. The van der Waals surface area contributed by atoms with Crippen molar-refractivity contribution in [3.05, 3.63) is 133 Å². The molecule has 0 aliphatic carbocycles. The monoisotopic (exact) mass is 1260 g/mol. The Morgan fingerprint density at radius 1 is 0.387 bits per heavy atom. The van der Waals surface area contributed by atoms with Gasteiger partial charge in [0.25, 0.3) is 0 Å². The molecular weight excluding hydrogens is 1200 g/mol. The van der Waals surface area contributed by atoms with Gasteiger partial charge < -0.3 is 52.3 Å². The summed E-state index contributed by atoms with van der Waals surface area (Å²) in [6, 6.07) is 34.5. The maximum atomic E-state index is 6.27. The zero-order valence-electron chi connectivity index (χ0n) is 52.6. The van der Waals surface area contributed by atoms with Gasteiger partial charge in [-0.2, -0.15) is 20.4 Å². The summed E-state index contributed by atoms with van der Waals surface area (Å²) < 4.78 is 18.2. The van der Waals surface area contributed by atoms with Gasteiger partial charge in [-0.3, -0.25) is 0 Å². The molecule has 0 amide bonds. The molecule has 0 bridgehead atoms. The second kappa shape index (κ2) is 24.3. The predicted octanol–water partition coefficient (Wildman–Crippen LogP) is 13.2. The molecule has 12 heterocycles. The number of aromatic nitrogens is 20. The van der Waals surface area contributed by atoms with E-state index < -0.39 is 0 Å². The molecule has 0 aliphatic heterocycles. The number of H-pyrrole nitrogens is 4. The number of hydrogen-bond acceptors (Lipinski definition) is 18. The van der Waals surface area contributed by atoms with Crippen LogP contribution in [0.2, 0.25) is 5.02 Å². The maximum Gasteiger partial charge on any atom is 0.164 e. The standard InChI is InChI=1S/2C17H18N6O.C16H15ClN6.C16H16N6/c1-9(2)23-17-14(16(18)19-8-20-17)15(22-23)13-6-10-4-5-11(24-3)7-12(10)21-13;1-9(2)23-17-13(16(18)19-8-20-17)15(22-23)11-7-10-5-4-6-12(24-3)14(10)21-11;1-8(2)23-16-13(15(18)19-7-20-16)14(22-23)12-6-9-10(17)4-3-5-11(9)21-12;1-9(2)22-16-13(15(17)18-8-19-16)14(21-22)12-7-10-5-3-4-6-11(10)20-12/h2*4-9,21H,1-3H3,(H2,18,19,20);3-8,21H,1-2H3,(H2,18,19,20);3-9,20H,1-2H3,(H2,17,18,19). The van der Waals surface area contributed by atoms with Crippen LogP contribution >= 0.6 is 11.6 Å². The molecule has 16 rings (SSSR count). The summed E-state index contributed by atoms with van der Waals surface area (Å²) in [6.45, 7) is 16.5. The first-order valence-electron chi connectivity index (χ1n) is 30.0. The summed E-state index contributed by atoms with van der Waals surface area (Å²) in [4.78, 5) is 47.5. The lowest BCUT2D eigenvalue weighted by atomic mass is 10.2. The van der Waals surface area contributed by atoms with E-state index >= 15 is 0 Å². The first kappa shape index (κ1) is 60.3. The van der Waals surface area contributed by atoms with Gasteiger partial charge in [-0.05, 0) is 116 Å². The smallest absolute Gasteiger partial charge is 0.164 e. The fourth-order valence-electron chi connectivity index (χ4n) is 11.4. The second-order valence-electron chi connectivity index (χ2n) is 23.3. The summed E-state index contributed by atoms with van der Waals surface area (Å²) in [5.74, 6) is 3.31. The van der Waals surface area contributed by atoms with Gasteiger partial charge in [0.2, 0.25) is 0 Å². The number of benzene rings is 4. The van der Waals surface area contributed by atoms with E-state index in [1.165, 1.54) is 25.3 Å². The first-order chi connectivity index (χ1) is 44.9. The summed E-state index contributed by atoms with van der Waals surface area (Å²) in [5, 5.41) is 26.9. The van der Waals surface area contributed by atoms with Crippen molar-refractivity contribution in [2.75, 3.05) is 37.2 Å². The van der Waals surface area contributed by atoms with Crippen LogP contribution in [0, 0.1) is 0 Å².